The first-order valence-electron chi connectivity index (χ1n) is 8.07. The molecule has 0 aromatic heterocycles. The van der Waals surface area contributed by atoms with E-state index < -0.39 is 0 Å². The van der Waals surface area contributed by atoms with Crippen molar-refractivity contribution in [3.05, 3.63) is 0 Å². The first-order valence-corrected chi connectivity index (χ1v) is 9.23. The van der Waals surface area contributed by atoms with Crippen LogP contribution in [0.2, 0.25) is 0 Å². The molecule has 112 valence electrons. The van der Waals surface area contributed by atoms with Gasteiger partial charge in [0.1, 0.15) is 0 Å². The van der Waals surface area contributed by atoms with Crippen LogP contribution in [0.4, 0.5) is 0 Å². The van der Waals surface area contributed by atoms with Crippen molar-refractivity contribution in [1.29, 1.82) is 0 Å². The maximum atomic E-state index is 6.16. The van der Waals surface area contributed by atoms with Crippen molar-refractivity contribution >= 4 is 11.8 Å². The fourth-order valence-corrected chi connectivity index (χ4v) is 4.57. The van der Waals surface area contributed by atoms with Gasteiger partial charge < -0.3 is 10.1 Å². The van der Waals surface area contributed by atoms with Crippen molar-refractivity contribution < 1.29 is 4.74 Å². The maximum absolute atomic E-state index is 6.16. The second-order valence-corrected chi connectivity index (χ2v) is 8.10. The predicted molar refractivity (Wildman–Crippen MR) is 84.9 cm³/mol. The molecule has 2 fully saturated rings. The second kappa shape index (κ2) is 7.33. The monoisotopic (exact) mass is 285 g/mol. The summed E-state index contributed by atoms with van der Waals surface area (Å²) in [5, 5.41) is 3.86. The molecule has 2 heterocycles. The third kappa shape index (κ3) is 4.95. The SMILES string of the molecule is CC(C)CCC(C)NC1CCOC2(CCSCC2)C1. The van der Waals surface area contributed by atoms with Crippen LogP contribution >= 0.6 is 11.8 Å². The number of nitrogens with one attached hydrogen (secondary N) is 1. The molecular weight excluding hydrogens is 254 g/mol. The third-order valence-electron chi connectivity index (χ3n) is 4.59. The van der Waals surface area contributed by atoms with Crippen LogP contribution in [0.1, 0.15) is 59.3 Å². The van der Waals surface area contributed by atoms with Gasteiger partial charge in [0.05, 0.1) is 5.60 Å². The maximum Gasteiger partial charge on any atom is 0.0713 e. The van der Waals surface area contributed by atoms with Crippen LogP contribution in [0.3, 0.4) is 0 Å². The lowest BCUT2D eigenvalue weighted by Gasteiger charge is -2.44. The lowest BCUT2D eigenvalue weighted by atomic mass is 9.85. The van der Waals surface area contributed by atoms with Gasteiger partial charge in [-0.15, -0.1) is 0 Å². The van der Waals surface area contributed by atoms with Crippen molar-refractivity contribution in [3.8, 4) is 0 Å². The van der Waals surface area contributed by atoms with Gasteiger partial charge in [-0.25, -0.2) is 0 Å². The summed E-state index contributed by atoms with van der Waals surface area (Å²) in [6.07, 6.45) is 7.59. The van der Waals surface area contributed by atoms with Gasteiger partial charge in [-0.1, -0.05) is 13.8 Å². The predicted octanol–water partition coefficient (Wildman–Crippen LogP) is 3.85. The highest BCUT2D eigenvalue weighted by Crippen LogP contribution is 2.37. The van der Waals surface area contributed by atoms with Gasteiger partial charge in [0.15, 0.2) is 0 Å². The van der Waals surface area contributed by atoms with Gasteiger partial charge in [-0.05, 0) is 62.9 Å². The molecule has 1 N–H and O–H groups in total. The van der Waals surface area contributed by atoms with Gasteiger partial charge in [0, 0.05) is 18.7 Å². The zero-order chi connectivity index (χ0) is 13.7. The summed E-state index contributed by atoms with van der Waals surface area (Å²) < 4.78 is 6.16. The molecule has 0 amide bonds. The van der Waals surface area contributed by atoms with E-state index in [1.165, 1.54) is 50.0 Å². The van der Waals surface area contributed by atoms with E-state index in [1.54, 1.807) is 0 Å². The van der Waals surface area contributed by atoms with E-state index >= 15 is 0 Å². The molecule has 0 radical (unpaired) electrons. The summed E-state index contributed by atoms with van der Waals surface area (Å²) in [6, 6.07) is 1.33. The van der Waals surface area contributed by atoms with Crippen molar-refractivity contribution in [2.45, 2.75) is 77.0 Å². The minimum absolute atomic E-state index is 0.221. The quantitative estimate of drug-likeness (QED) is 0.829. The Morgan fingerprint density at radius 3 is 2.63 bits per heavy atom. The standard InChI is InChI=1S/C16H31NOS/c1-13(2)4-5-14(3)17-15-6-9-18-16(12-15)7-10-19-11-8-16/h13-15,17H,4-12H2,1-3H3. The number of hydrogen-bond donors (Lipinski definition) is 1. The van der Waals surface area contributed by atoms with Crippen molar-refractivity contribution in [2.24, 2.45) is 5.92 Å². The molecule has 2 aliphatic heterocycles. The Labute approximate surface area is 123 Å². The number of rotatable bonds is 5. The Hall–Kier alpha value is 0.270. The van der Waals surface area contributed by atoms with E-state index in [2.05, 4.69) is 37.8 Å². The smallest absolute Gasteiger partial charge is 0.0713 e. The van der Waals surface area contributed by atoms with E-state index in [-0.39, 0.29) is 5.60 Å². The molecule has 1 spiro atoms. The van der Waals surface area contributed by atoms with Crippen molar-refractivity contribution in [2.75, 3.05) is 18.1 Å². The summed E-state index contributed by atoms with van der Waals surface area (Å²) >= 11 is 2.09. The largest absolute Gasteiger partial charge is 0.375 e. The Balaban J connectivity index is 1.77. The fraction of sp³-hybridized carbons (Fsp3) is 1.00. The summed E-state index contributed by atoms with van der Waals surface area (Å²) in [7, 11) is 0. The summed E-state index contributed by atoms with van der Waals surface area (Å²) in [5.74, 6) is 3.39. The van der Waals surface area contributed by atoms with Crippen LogP contribution < -0.4 is 5.32 Å². The van der Waals surface area contributed by atoms with Crippen molar-refractivity contribution in [3.63, 3.8) is 0 Å². The zero-order valence-corrected chi connectivity index (χ0v) is 13.7. The van der Waals surface area contributed by atoms with Crippen molar-refractivity contribution in [1.82, 2.24) is 5.32 Å². The molecule has 0 aromatic rings. The topological polar surface area (TPSA) is 21.3 Å². The molecule has 0 aromatic carbocycles. The van der Waals surface area contributed by atoms with Gasteiger partial charge in [0.2, 0.25) is 0 Å². The lowest BCUT2D eigenvalue weighted by Crippen LogP contribution is -2.50. The Bertz CT molecular complexity index is 258. The first-order chi connectivity index (χ1) is 9.10. The molecule has 2 saturated heterocycles. The molecular formula is C16H31NOS. The fourth-order valence-electron chi connectivity index (χ4n) is 3.33. The van der Waals surface area contributed by atoms with Crippen LogP contribution in [0, 0.1) is 5.92 Å². The molecule has 3 heteroatoms. The summed E-state index contributed by atoms with van der Waals surface area (Å²) in [6.45, 7) is 7.94. The Morgan fingerprint density at radius 2 is 1.95 bits per heavy atom. The Morgan fingerprint density at radius 1 is 1.21 bits per heavy atom. The highest BCUT2D eigenvalue weighted by molar-refractivity contribution is 7.99. The normalized spacial score (nSPS) is 28.7. The Kier molecular flexibility index (Phi) is 6.04. The number of hydrogen-bond acceptors (Lipinski definition) is 3. The van der Waals surface area contributed by atoms with Crippen LogP contribution in [0.25, 0.3) is 0 Å². The zero-order valence-electron chi connectivity index (χ0n) is 12.9. The summed E-state index contributed by atoms with van der Waals surface area (Å²) in [5.41, 5.74) is 0.221. The second-order valence-electron chi connectivity index (χ2n) is 6.87. The highest BCUT2D eigenvalue weighted by Gasteiger charge is 2.38. The lowest BCUT2D eigenvalue weighted by molar-refractivity contribution is -0.0941. The average molecular weight is 285 g/mol. The molecule has 2 aliphatic rings. The van der Waals surface area contributed by atoms with Gasteiger partial charge in [-0.2, -0.15) is 11.8 Å². The molecule has 0 aliphatic carbocycles. The highest BCUT2D eigenvalue weighted by atomic mass is 32.2. The van der Waals surface area contributed by atoms with Gasteiger partial charge in [-0.3, -0.25) is 0 Å². The van der Waals surface area contributed by atoms with E-state index in [4.69, 9.17) is 4.74 Å². The van der Waals surface area contributed by atoms with Crippen LogP contribution in [0.5, 0.6) is 0 Å². The van der Waals surface area contributed by atoms with Crippen LogP contribution in [0.15, 0.2) is 0 Å². The molecule has 2 nitrogen and oxygen atoms in total. The van der Waals surface area contributed by atoms with Crippen LogP contribution in [-0.4, -0.2) is 35.8 Å². The molecule has 2 rings (SSSR count). The van der Waals surface area contributed by atoms with Gasteiger partial charge >= 0.3 is 0 Å². The van der Waals surface area contributed by atoms with Gasteiger partial charge in [0.25, 0.3) is 0 Å². The van der Waals surface area contributed by atoms with E-state index in [1.807, 2.05) is 0 Å². The third-order valence-corrected chi connectivity index (χ3v) is 5.58. The molecule has 0 saturated carbocycles. The van der Waals surface area contributed by atoms with E-state index in [9.17, 15) is 0 Å². The summed E-state index contributed by atoms with van der Waals surface area (Å²) in [4.78, 5) is 0. The minimum Gasteiger partial charge on any atom is -0.375 e. The molecule has 2 unspecified atom stereocenters. The molecule has 0 bridgehead atoms. The average Bonchev–Trinajstić information content (AvgIpc) is 2.37. The van der Waals surface area contributed by atoms with E-state index in [0.29, 0.717) is 12.1 Å². The number of thioether (sulfide) groups is 1. The number of ether oxygens (including phenoxy) is 1. The minimum atomic E-state index is 0.221. The van der Waals surface area contributed by atoms with E-state index in [0.717, 1.165) is 12.5 Å². The molecule has 19 heavy (non-hydrogen) atoms. The first kappa shape index (κ1) is 15.7. The van der Waals surface area contributed by atoms with Crippen LogP contribution in [-0.2, 0) is 4.74 Å². The molecule has 2 atom stereocenters.